The highest BCUT2D eigenvalue weighted by Crippen LogP contribution is 2.11. The van der Waals surface area contributed by atoms with E-state index in [2.05, 4.69) is 19.2 Å². The van der Waals surface area contributed by atoms with E-state index in [1.165, 1.54) is 12.1 Å². The first-order valence-corrected chi connectivity index (χ1v) is 5.84. The largest absolute Gasteiger partial charge is 0.314 e. The highest BCUT2D eigenvalue weighted by Gasteiger charge is 2.06. The lowest BCUT2D eigenvalue weighted by Crippen LogP contribution is -2.28. The van der Waals surface area contributed by atoms with Crippen molar-refractivity contribution in [3.8, 4) is 0 Å². The van der Waals surface area contributed by atoms with Crippen LogP contribution in [-0.2, 0) is 6.42 Å². The molecule has 1 nitrogen and oxygen atoms in total. The molecule has 0 saturated carbocycles. The summed E-state index contributed by atoms with van der Waals surface area (Å²) in [6.45, 7) is 5.10. The minimum absolute atomic E-state index is 0.427. The second kappa shape index (κ2) is 6.59. The molecular formula is C13H19F2N. The van der Waals surface area contributed by atoms with Gasteiger partial charge in [-0.1, -0.05) is 13.8 Å². The van der Waals surface area contributed by atoms with Gasteiger partial charge in [0.2, 0.25) is 0 Å². The predicted octanol–water partition coefficient (Wildman–Crippen LogP) is 3.29. The SMILES string of the molecule is CCNC(CC)CCc1cc(F)cc(F)c1. The van der Waals surface area contributed by atoms with E-state index < -0.39 is 11.6 Å². The van der Waals surface area contributed by atoms with Gasteiger partial charge in [0.25, 0.3) is 0 Å². The van der Waals surface area contributed by atoms with Gasteiger partial charge in [-0.05, 0) is 43.5 Å². The van der Waals surface area contributed by atoms with Crippen LogP contribution in [0, 0.1) is 11.6 Å². The summed E-state index contributed by atoms with van der Waals surface area (Å²) in [7, 11) is 0. The van der Waals surface area contributed by atoms with Gasteiger partial charge in [-0.2, -0.15) is 0 Å². The molecule has 16 heavy (non-hydrogen) atoms. The summed E-state index contributed by atoms with van der Waals surface area (Å²) in [6.07, 6.45) is 2.65. The van der Waals surface area contributed by atoms with Crippen LogP contribution in [0.2, 0.25) is 0 Å². The molecule has 1 aromatic rings. The maximum atomic E-state index is 12.9. The Balaban J connectivity index is 2.52. The molecule has 0 aliphatic carbocycles. The van der Waals surface area contributed by atoms with E-state index in [1.54, 1.807) is 0 Å². The van der Waals surface area contributed by atoms with Crippen LogP contribution < -0.4 is 5.32 Å². The van der Waals surface area contributed by atoms with E-state index in [0.29, 0.717) is 12.5 Å². The number of aryl methyl sites for hydroxylation is 1. The summed E-state index contributed by atoms with van der Waals surface area (Å²) >= 11 is 0. The first kappa shape index (κ1) is 13.1. The van der Waals surface area contributed by atoms with Crippen molar-refractivity contribution < 1.29 is 8.78 Å². The van der Waals surface area contributed by atoms with Crippen molar-refractivity contribution in [2.75, 3.05) is 6.54 Å². The number of rotatable bonds is 6. The Hall–Kier alpha value is -0.960. The highest BCUT2D eigenvalue weighted by atomic mass is 19.1. The van der Waals surface area contributed by atoms with Crippen LogP contribution in [0.15, 0.2) is 18.2 Å². The van der Waals surface area contributed by atoms with Crippen LogP contribution in [0.1, 0.15) is 32.3 Å². The van der Waals surface area contributed by atoms with Crippen molar-refractivity contribution in [3.63, 3.8) is 0 Å². The Morgan fingerprint density at radius 3 is 2.25 bits per heavy atom. The molecule has 0 bridgehead atoms. The molecule has 0 radical (unpaired) electrons. The molecule has 1 rings (SSSR count). The number of halogens is 2. The summed E-state index contributed by atoms with van der Waals surface area (Å²) in [4.78, 5) is 0. The number of hydrogen-bond acceptors (Lipinski definition) is 1. The van der Waals surface area contributed by atoms with Gasteiger partial charge < -0.3 is 5.32 Å². The topological polar surface area (TPSA) is 12.0 Å². The van der Waals surface area contributed by atoms with Gasteiger partial charge in [0, 0.05) is 12.1 Å². The fourth-order valence-corrected chi connectivity index (χ4v) is 1.84. The molecule has 1 N–H and O–H groups in total. The molecular weight excluding hydrogens is 208 g/mol. The Bertz CT molecular complexity index is 305. The quantitative estimate of drug-likeness (QED) is 0.786. The summed E-state index contributed by atoms with van der Waals surface area (Å²) in [5.74, 6) is -0.988. The molecule has 0 heterocycles. The van der Waals surface area contributed by atoms with Gasteiger partial charge in [0.1, 0.15) is 11.6 Å². The monoisotopic (exact) mass is 227 g/mol. The fourth-order valence-electron chi connectivity index (χ4n) is 1.84. The highest BCUT2D eigenvalue weighted by molar-refractivity contribution is 5.18. The van der Waals surface area contributed by atoms with Gasteiger partial charge in [-0.15, -0.1) is 0 Å². The standard InChI is InChI=1S/C13H19F2N/c1-3-13(16-4-2)6-5-10-7-11(14)9-12(15)8-10/h7-9,13,16H,3-6H2,1-2H3. The molecule has 0 fully saturated rings. The van der Waals surface area contributed by atoms with Crippen molar-refractivity contribution >= 4 is 0 Å². The maximum absolute atomic E-state index is 12.9. The van der Waals surface area contributed by atoms with Gasteiger partial charge in [0.15, 0.2) is 0 Å². The zero-order valence-corrected chi connectivity index (χ0v) is 9.89. The fraction of sp³-hybridized carbons (Fsp3) is 0.538. The van der Waals surface area contributed by atoms with Crippen LogP contribution in [0.4, 0.5) is 8.78 Å². The van der Waals surface area contributed by atoms with Crippen LogP contribution in [0.5, 0.6) is 0 Å². The van der Waals surface area contributed by atoms with Gasteiger partial charge >= 0.3 is 0 Å². The van der Waals surface area contributed by atoms with Crippen molar-refractivity contribution in [2.24, 2.45) is 0 Å². The van der Waals surface area contributed by atoms with Crippen molar-refractivity contribution in [3.05, 3.63) is 35.4 Å². The minimum Gasteiger partial charge on any atom is -0.314 e. The molecule has 3 heteroatoms. The third-order valence-corrected chi connectivity index (χ3v) is 2.69. The zero-order chi connectivity index (χ0) is 12.0. The summed E-state index contributed by atoms with van der Waals surface area (Å²) in [5, 5.41) is 3.34. The number of benzene rings is 1. The Kier molecular flexibility index (Phi) is 5.39. The Morgan fingerprint density at radius 2 is 1.75 bits per heavy atom. The predicted molar refractivity (Wildman–Crippen MR) is 62.4 cm³/mol. The van der Waals surface area contributed by atoms with Crippen molar-refractivity contribution in [1.29, 1.82) is 0 Å². The van der Waals surface area contributed by atoms with E-state index in [0.717, 1.165) is 31.0 Å². The molecule has 1 aromatic carbocycles. The molecule has 90 valence electrons. The number of nitrogens with one attached hydrogen (secondary N) is 1. The summed E-state index contributed by atoms with van der Waals surface area (Å²) in [6, 6.07) is 4.14. The first-order chi connectivity index (χ1) is 7.65. The molecule has 0 spiro atoms. The summed E-state index contributed by atoms with van der Waals surface area (Å²) in [5.41, 5.74) is 0.730. The van der Waals surface area contributed by atoms with Gasteiger partial charge in [0.05, 0.1) is 0 Å². The molecule has 0 aromatic heterocycles. The molecule has 0 aliphatic heterocycles. The summed E-state index contributed by atoms with van der Waals surface area (Å²) < 4.78 is 25.9. The maximum Gasteiger partial charge on any atom is 0.126 e. The zero-order valence-electron chi connectivity index (χ0n) is 9.89. The van der Waals surface area contributed by atoms with E-state index >= 15 is 0 Å². The van der Waals surface area contributed by atoms with E-state index in [4.69, 9.17) is 0 Å². The minimum atomic E-state index is -0.494. The average Bonchev–Trinajstić information content (AvgIpc) is 2.23. The van der Waals surface area contributed by atoms with E-state index in [9.17, 15) is 8.78 Å². The van der Waals surface area contributed by atoms with E-state index in [1.807, 2.05) is 0 Å². The van der Waals surface area contributed by atoms with Crippen LogP contribution in [-0.4, -0.2) is 12.6 Å². The first-order valence-electron chi connectivity index (χ1n) is 5.84. The van der Waals surface area contributed by atoms with Crippen molar-refractivity contribution in [1.82, 2.24) is 5.32 Å². The lowest BCUT2D eigenvalue weighted by atomic mass is 10.0. The number of hydrogen-bond donors (Lipinski definition) is 1. The Labute approximate surface area is 95.9 Å². The second-order valence-corrected chi connectivity index (χ2v) is 3.98. The molecule has 0 saturated heterocycles. The average molecular weight is 227 g/mol. The van der Waals surface area contributed by atoms with Crippen LogP contribution in [0.3, 0.4) is 0 Å². The normalized spacial score (nSPS) is 12.8. The smallest absolute Gasteiger partial charge is 0.126 e. The van der Waals surface area contributed by atoms with E-state index in [-0.39, 0.29) is 0 Å². The third-order valence-electron chi connectivity index (χ3n) is 2.69. The molecule has 1 unspecified atom stereocenters. The lowest BCUT2D eigenvalue weighted by molar-refractivity contribution is 0.479. The molecule has 1 atom stereocenters. The second-order valence-electron chi connectivity index (χ2n) is 3.98. The Morgan fingerprint density at radius 1 is 1.12 bits per heavy atom. The van der Waals surface area contributed by atoms with Gasteiger partial charge in [-0.25, -0.2) is 8.78 Å². The third kappa shape index (κ3) is 4.27. The van der Waals surface area contributed by atoms with Crippen molar-refractivity contribution in [2.45, 2.75) is 39.2 Å². The van der Waals surface area contributed by atoms with Crippen LogP contribution in [0.25, 0.3) is 0 Å². The van der Waals surface area contributed by atoms with Crippen LogP contribution >= 0.6 is 0 Å². The molecule has 0 aliphatic rings. The van der Waals surface area contributed by atoms with Gasteiger partial charge in [-0.3, -0.25) is 0 Å². The lowest BCUT2D eigenvalue weighted by Gasteiger charge is -2.15. The molecule has 0 amide bonds.